The van der Waals surface area contributed by atoms with E-state index in [0.717, 1.165) is 12.8 Å². The highest BCUT2D eigenvalue weighted by Gasteiger charge is 2.29. The minimum absolute atomic E-state index is 0.0805. The minimum Gasteiger partial charge on any atom is -0.395 e. The Balaban J connectivity index is 1.48. The molecule has 0 spiro atoms. The van der Waals surface area contributed by atoms with Crippen molar-refractivity contribution in [1.29, 1.82) is 0 Å². The van der Waals surface area contributed by atoms with Crippen molar-refractivity contribution >= 4 is 37.0 Å². The highest BCUT2D eigenvalue weighted by atomic mass is 32.1. The van der Waals surface area contributed by atoms with Gasteiger partial charge in [-0.2, -0.15) is 5.10 Å². The molecule has 4 rings (SSSR count). The fourth-order valence-electron chi connectivity index (χ4n) is 3.42. The van der Waals surface area contributed by atoms with Crippen molar-refractivity contribution in [2.45, 2.75) is 38.6 Å². The first-order valence-electron chi connectivity index (χ1n) is 11.3. The van der Waals surface area contributed by atoms with Gasteiger partial charge >= 0.3 is 7.82 Å². The number of phosphoric ester groups is 1. The van der Waals surface area contributed by atoms with Crippen molar-refractivity contribution < 1.29 is 28.4 Å². The Kier molecular flexibility index (Phi) is 8.59. The van der Waals surface area contributed by atoms with E-state index in [2.05, 4.69) is 29.9 Å². The fraction of sp³-hybridized carbons (Fsp3) is 0.318. The summed E-state index contributed by atoms with van der Waals surface area (Å²) in [6, 6.07) is 5.38. The molecule has 196 valence electrons. The number of pyridine rings is 1. The van der Waals surface area contributed by atoms with Crippen molar-refractivity contribution in [3.8, 4) is 10.6 Å². The van der Waals surface area contributed by atoms with E-state index in [9.17, 15) is 9.36 Å². The number of amides is 1. The summed E-state index contributed by atoms with van der Waals surface area (Å²) >= 11 is 1.21. The van der Waals surface area contributed by atoms with Crippen LogP contribution in [0, 0.1) is 0 Å². The normalized spacial score (nSPS) is 18.5. The van der Waals surface area contributed by atoms with Gasteiger partial charge in [-0.1, -0.05) is 6.07 Å². The zero-order chi connectivity index (χ0) is 26.4. The monoisotopic (exact) mass is 547 g/mol. The lowest BCUT2D eigenvalue weighted by atomic mass is 9.90. The number of rotatable bonds is 11. The summed E-state index contributed by atoms with van der Waals surface area (Å²) in [6.45, 7) is 2.18. The van der Waals surface area contributed by atoms with Crippen LogP contribution in [0.4, 0.5) is 0 Å². The Hall–Kier alpha value is -3.26. The molecule has 0 bridgehead atoms. The molecule has 13 nitrogen and oxygen atoms in total. The lowest BCUT2D eigenvalue weighted by Crippen LogP contribution is -2.35. The van der Waals surface area contributed by atoms with Crippen molar-refractivity contribution in [1.82, 2.24) is 25.1 Å². The average Bonchev–Trinajstić information content (AvgIpc) is 3.53. The number of aliphatic imine (C=N–C) groups is 1. The molecule has 0 aromatic carbocycles. The maximum Gasteiger partial charge on any atom is 0.471 e. The number of ether oxygens (including phenoxy) is 1. The number of nitrogens with two attached hydrogens (primary N) is 1. The van der Waals surface area contributed by atoms with Gasteiger partial charge in [0, 0.05) is 36.2 Å². The fourth-order valence-corrected chi connectivity index (χ4v) is 4.46. The second-order valence-corrected chi connectivity index (χ2v) is 10.1. The molecular formula is C22H26N7O6PS. The largest absolute Gasteiger partial charge is 0.471 e. The van der Waals surface area contributed by atoms with Crippen LogP contribution in [0.25, 0.3) is 16.3 Å². The molecule has 0 radical (unpaired) electrons. The van der Waals surface area contributed by atoms with Crippen LogP contribution in [0.5, 0.6) is 0 Å². The summed E-state index contributed by atoms with van der Waals surface area (Å²) in [5.41, 5.74) is 8.10. The number of carbonyl (C=O) groups is 1. The predicted octanol–water partition coefficient (Wildman–Crippen LogP) is 2.16. The third-order valence-corrected chi connectivity index (χ3v) is 6.68. The van der Waals surface area contributed by atoms with E-state index in [4.69, 9.17) is 20.3 Å². The molecule has 1 amide bonds. The Morgan fingerprint density at radius 1 is 1.38 bits per heavy atom. The van der Waals surface area contributed by atoms with Crippen LogP contribution in [0.2, 0.25) is 0 Å². The predicted molar refractivity (Wildman–Crippen MR) is 136 cm³/mol. The minimum atomic E-state index is -4.63. The van der Waals surface area contributed by atoms with Gasteiger partial charge < -0.3 is 25.6 Å². The number of allylic oxidation sites excluding steroid dienone is 1. The Morgan fingerprint density at radius 3 is 2.89 bits per heavy atom. The van der Waals surface area contributed by atoms with Crippen LogP contribution < -0.4 is 11.1 Å². The van der Waals surface area contributed by atoms with Gasteiger partial charge in [0.15, 0.2) is 6.73 Å². The molecule has 0 saturated heterocycles. The zero-order valence-electron chi connectivity index (χ0n) is 19.8. The molecule has 0 atom stereocenters. The molecule has 3 heterocycles. The number of phosphoric acid groups is 1. The molecule has 3 aromatic heterocycles. The van der Waals surface area contributed by atoms with Gasteiger partial charge in [0.05, 0.1) is 35.4 Å². The van der Waals surface area contributed by atoms with Gasteiger partial charge in [0.2, 0.25) is 0 Å². The van der Waals surface area contributed by atoms with E-state index in [1.807, 2.05) is 6.92 Å². The first kappa shape index (κ1) is 26.8. The first-order chi connectivity index (χ1) is 17.7. The summed E-state index contributed by atoms with van der Waals surface area (Å²) in [4.78, 5) is 43.9. The highest BCUT2D eigenvalue weighted by Crippen LogP contribution is 2.36. The van der Waals surface area contributed by atoms with Crippen LogP contribution >= 0.6 is 19.2 Å². The molecule has 5 N–H and O–H groups in total. The number of thiazole rings is 1. The third kappa shape index (κ3) is 7.38. The van der Waals surface area contributed by atoms with Crippen LogP contribution in [0.1, 0.15) is 35.9 Å². The van der Waals surface area contributed by atoms with Crippen molar-refractivity contribution in [2.24, 2.45) is 10.7 Å². The van der Waals surface area contributed by atoms with Gasteiger partial charge in [-0.25, -0.2) is 14.2 Å². The lowest BCUT2D eigenvalue weighted by molar-refractivity contribution is -0.000593. The second kappa shape index (κ2) is 11.9. The number of aromatic nitrogens is 4. The van der Waals surface area contributed by atoms with E-state index >= 15 is 0 Å². The molecular weight excluding hydrogens is 521 g/mol. The molecule has 0 aliphatic heterocycles. The maximum absolute atomic E-state index is 13.0. The highest BCUT2D eigenvalue weighted by molar-refractivity contribution is 7.46. The van der Waals surface area contributed by atoms with Crippen molar-refractivity contribution in [3.05, 3.63) is 59.3 Å². The molecule has 1 aliphatic rings. The summed E-state index contributed by atoms with van der Waals surface area (Å²) in [5, 5.41) is 8.84. The Bertz CT molecular complexity index is 1330. The van der Waals surface area contributed by atoms with Crippen LogP contribution in [0.15, 0.2) is 52.9 Å². The van der Waals surface area contributed by atoms with E-state index in [-0.39, 0.29) is 23.5 Å². The standard InChI is InChI=1S/C22H26N7O6PS/c1-2-34-16-7-15(8-16)25-10-18(20(23)17-5-3-4-6-24-17)27-21(30)19-12-37-22(28-19)14-9-26-29(11-14)13-35-36(31,32)33/h3-6,9-12,15-16H,2,7-8,13,23H2,1H3,(H,27,30)(H2,31,32,33)/b20-18+,25-10?. The second-order valence-electron chi connectivity index (χ2n) is 8.03. The molecule has 3 aromatic rings. The maximum atomic E-state index is 13.0. The molecule has 37 heavy (non-hydrogen) atoms. The van der Waals surface area contributed by atoms with E-state index in [1.54, 1.807) is 36.0 Å². The average molecular weight is 548 g/mol. The summed E-state index contributed by atoms with van der Waals surface area (Å²) in [7, 11) is -4.63. The molecule has 0 unspecified atom stereocenters. The number of nitrogens with one attached hydrogen (secondary N) is 1. The SMILES string of the molecule is CCOC1CC(N=C/C(NC(=O)c2csc(-c3cnn(COP(=O)(O)O)c3)n2)=C(\N)c2ccccn2)C1. The van der Waals surface area contributed by atoms with Crippen LogP contribution in [0.3, 0.4) is 0 Å². The smallest absolute Gasteiger partial charge is 0.395 e. The number of hydrogen-bond acceptors (Lipinski definition) is 10. The number of hydrogen-bond donors (Lipinski definition) is 4. The Labute approximate surface area is 216 Å². The molecule has 15 heteroatoms. The van der Waals surface area contributed by atoms with Gasteiger partial charge in [-0.3, -0.25) is 19.3 Å². The van der Waals surface area contributed by atoms with Gasteiger partial charge in [0.1, 0.15) is 10.7 Å². The molecule has 1 aliphatic carbocycles. The topological polar surface area (TPSA) is 187 Å². The molecule has 1 saturated carbocycles. The van der Waals surface area contributed by atoms with Crippen LogP contribution in [-0.2, 0) is 20.6 Å². The quantitative estimate of drug-likeness (QED) is 0.205. The lowest BCUT2D eigenvalue weighted by Gasteiger charge is -2.32. The van der Waals surface area contributed by atoms with Gasteiger partial charge in [0.25, 0.3) is 5.91 Å². The van der Waals surface area contributed by atoms with Gasteiger partial charge in [-0.05, 0) is 31.9 Å². The van der Waals surface area contributed by atoms with E-state index < -0.39 is 20.5 Å². The number of nitrogens with zero attached hydrogens (tertiary/aromatic N) is 5. The van der Waals surface area contributed by atoms with Crippen molar-refractivity contribution in [3.63, 3.8) is 0 Å². The number of carbonyl (C=O) groups excluding carboxylic acids is 1. The summed E-state index contributed by atoms with van der Waals surface area (Å²) < 4.78 is 22.1. The van der Waals surface area contributed by atoms with E-state index in [1.165, 1.54) is 28.4 Å². The zero-order valence-corrected chi connectivity index (χ0v) is 21.5. The van der Waals surface area contributed by atoms with E-state index in [0.29, 0.717) is 28.6 Å². The van der Waals surface area contributed by atoms with Crippen molar-refractivity contribution in [2.75, 3.05) is 6.61 Å². The summed E-state index contributed by atoms with van der Waals surface area (Å²) in [5.74, 6) is -0.485. The van der Waals surface area contributed by atoms with Crippen LogP contribution in [-0.4, -0.2) is 60.4 Å². The Morgan fingerprint density at radius 2 is 2.19 bits per heavy atom. The molecule has 1 fully saturated rings. The van der Waals surface area contributed by atoms with Gasteiger partial charge in [-0.15, -0.1) is 11.3 Å². The third-order valence-electron chi connectivity index (χ3n) is 5.34. The summed E-state index contributed by atoms with van der Waals surface area (Å²) in [6.07, 6.45) is 7.91. The first-order valence-corrected chi connectivity index (χ1v) is 13.7.